The monoisotopic (exact) mass is 368 g/mol. The summed E-state index contributed by atoms with van der Waals surface area (Å²) < 4.78 is 12.3. The van der Waals surface area contributed by atoms with Gasteiger partial charge in [-0.2, -0.15) is 0 Å². The molecule has 0 aliphatic carbocycles. The van der Waals surface area contributed by atoms with Crippen LogP contribution in [0.1, 0.15) is 28.2 Å². The predicted octanol–water partition coefficient (Wildman–Crippen LogP) is 4.41. The molecule has 1 fully saturated rings. The summed E-state index contributed by atoms with van der Waals surface area (Å²) in [6, 6.07) is 12.9. The van der Waals surface area contributed by atoms with Gasteiger partial charge in [0.15, 0.2) is 0 Å². The molecule has 2 aromatic carbocycles. The lowest BCUT2D eigenvalue weighted by Gasteiger charge is -2.11. The van der Waals surface area contributed by atoms with Crippen LogP contribution in [0.4, 0.5) is 5.69 Å². The van der Waals surface area contributed by atoms with Crippen LogP contribution in [-0.4, -0.2) is 30.2 Å². The maximum Gasteiger partial charge on any atom is 0.255 e. The third kappa shape index (κ3) is 3.86. The summed E-state index contributed by atoms with van der Waals surface area (Å²) in [6.45, 7) is 3.35. The van der Waals surface area contributed by atoms with Crippen molar-refractivity contribution in [2.24, 2.45) is 0 Å². The largest absolute Gasteiger partial charge is 0.491 e. The van der Waals surface area contributed by atoms with Crippen LogP contribution in [0.3, 0.4) is 0 Å². The fourth-order valence-corrected chi connectivity index (χ4v) is 3.85. The number of hydrogen-bond donors (Lipinski definition) is 1. The van der Waals surface area contributed by atoms with Gasteiger partial charge in [0.1, 0.15) is 12.4 Å². The van der Waals surface area contributed by atoms with E-state index in [1.807, 2.05) is 37.3 Å². The maximum atomic E-state index is 12.4. The smallest absolute Gasteiger partial charge is 0.255 e. The van der Waals surface area contributed by atoms with Crippen molar-refractivity contribution >= 4 is 33.1 Å². The number of carbonyl (C=O) groups is 1. The van der Waals surface area contributed by atoms with Gasteiger partial charge in [-0.25, -0.2) is 4.98 Å². The first kappa shape index (κ1) is 17.0. The second kappa shape index (κ2) is 7.43. The minimum atomic E-state index is -0.142. The zero-order valence-electron chi connectivity index (χ0n) is 14.5. The van der Waals surface area contributed by atoms with Gasteiger partial charge in [-0.15, -0.1) is 11.3 Å². The molecular formula is C20H20N2O3S. The number of hydrogen-bond acceptors (Lipinski definition) is 5. The Bertz CT molecular complexity index is 914. The number of anilines is 1. The van der Waals surface area contributed by atoms with Crippen LogP contribution in [-0.2, 0) is 4.74 Å². The van der Waals surface area contributed by atoms with Crippen LogP contribution >= 0.6 is 11.3 Å². The summed E-state index contributed by atoms with van der Waals surface area (Å²) in [6.07, 6.45) is 2.33. The number of rotatable bonds is 5. The number of amides is 1. The lowest BCUT2D eigenvalue weighted by atomic mass is 10.2. The highest BCUT2D eigenvalue weighted by Gasteiger charge is 2.16. The Hall–Kier alpha value is -2.44. The summed E-state index contributed by atoms with van der Waals surface area (Å²) in [5, 5.41) is 3.95. The lowest BCUT2D eigenvalue weighted by molar-refractivity contribution is 0.0679. The molecule has 0 spiro atoms. The molecule has 1 saturated heterocycles. The molecule has 1 amide bonds. The fraction of sp³-hybridized carbons (Fsp3) is 0.300. The molecule has 1 atom stereocenters. The molecule has 134 valence electrons. The molecule has 0 unspecified atom stereocenters. The van der Waals surface area contributed by atoms with Gasteiger partial charge in [-0.05, 0) is 62.2 Å². The highest BCUT2D eigenvalue weighted by Crippen LogP contribution is 2.25. The van der Waals surface area contributed by atoms with Gasteiger partial charge in [0, 0.05) is 17.9 Å². The van der Waals surface area contributed by atoms with Crippen LogP contribution < -0.4 is 10.1 Å². The molecule has 1 aliphatic rings. The molecule has 3 aromatic rings. The predicted molar refractivity (Wildman–Crippen MR) is 103 cm³/mol. The molecule has 2 heterocycles. The third-order valence-corrected chi connectivity index (χ3v) is 5.26. The summed E-state index contributed by atoms with van der Waals surface area (Å²) in [4.78, 5) is 16.9. The van der Waals surface area contributed by atoms with Crippen molar-refractivity contribution in [3.05, 3.63) is 53.0 Å². The molecule has 5 nitrogen and oxygen atoms in total. The van der Waals surface area contributed by atoms with Gasteiger partial charge in [0.2, 0.25) is 0 Å². The normalized spacial score (nSPS) is 16.7. The van der Waals surface area contributed by atoms with Crippen molar-refractivity contribution in [2.45, 2.75) is 25.9 Å². The third-order valence-electron chi connectivity index (χ3n) is 4.33. The second-order valence-electron chi connectivity index (χ2n) is 6.34. The Kier molecular flexibility index (Phi) is 4.86. The molecular weight excluding hydrogens is 348 g/mol. The van der Waals surface area contributed by atoms with Crippen LogP contribution in [0.2, 0.25) is 0 Å². The van der Waals surface area contributed by atoms with Gasteiger partial charge < -0.3 is 14.8 Å². The first-order valence-electron chi connectivity index (χ1n) is 8.70. The van der Waals surface area contributed by atoms with E-state index >= 15 is 0 Å². The van der Waals surface area contributed by atoms with Crippen molar-refractivity contribution in [3.8, 4) is 5.75 Å². The second-order valence-corrected chi connectivity index (χ2v) is 7.57. The zero-order chi connectivity index (χ0) is 17.9. The van der Waals surface area contributed by atoms with E-state index in [0.29, 0.717) is 12.2 Å². The SMILES string of the molecule is Cc1nc2ccc(NC(=O)c3ccc(OC[C@H]4CCCO4)cc3)cc2s1. The lowest BCUT2D eigenvalue weighted by Crippen LogP contribution is -2.16. The Morgan fingerprint density at radius 2 is 2.15 bits per heavy atom. The van der Waals surface area contributed by atoms with Crippen LogP contribution in [0, 0.1) is 6.92 Å². The number of nitrogens with one attached hydrogen (secondary N) is 1. The Balaban J connectivity index is 1.38. The molecule has 1 aromatic heterocycles. The molecule has 4 rings (SSSR count). The molecule has 1 aliphatic heterocycles. The first-order chi connectivity index (χ1) is 12.7. The quantitative estimate of drug-likeness (QED) is 0.724. The van der Waals surface area contributed by atoms with Gasteiger partial charge in [0.25, 0.3) is 5.91 Å². The number of benzene rings is 2. The number of carbonyl (C=O) groups excluding carboxylic acids is 1. The van der Waals surface area contributed by atoms with Crippen LogP contribution in [0.15, 0.2) is 42.5 Å². The van der Waals surface area contributed by atoms with Crippen molar-refractivity contribution in [2.75, 3.05) is 18.5 Å². The minimum Gasteiger partial charge on any atom is -0.491 e. The molecule has 0 saturated carbocycles. The van der Waals surface area contributed by atoms with E-state index in [1.54, 1.807) is 23.5 Å². The number of aryl methyl sites for hydroxylation is 1. The van der Waals surface area contributed by atoms with Crippen molar-refractivity contribution in [1.29, 1.82) is 0 Å². The molecule has 0 radical (unpaired) electrons. The Morgan fingerprint density at radius 3 is 2.92 bits per heavy atom. The van der Waals surface area contributed by atoms with Crippen LogP contribution in [0.5, 0.6) is 5.75 Å². The molecule has 6 heteroatoms. The first-order valence-corrected chi connectivity index (χ1v) is 9.52. The van der Waals surface area contributed by atoms with Gasteiger partial charge in [-0.3, -0.25) is 4.79 Å². The Labute approximate surface area is 156 Å². The van der Waals surface area contributed by atoms with E-state index < -0.39 is 0 Å². The number of fused-ring (bicyclic) bond motifs is 1. The molecule has 26 heavy (non-hydrogen) atoms. The van der Waals surface area contributed by atoms with Crippen molar-refractivity contribution in [1.82, 2.24) is 4.98 Å². The average Bonchev–Trinajstić information content (AvgIpc) is 3.28. The number of aromatic nitrogens is 1. The minimum absolute atomic E-state index is 0.142. The van der Waals surface area contributed by atoms with Gasteiger partial charge in [0.05, 0.1) is 21.3 Å². The topological polar surface area (TPSA) is 60.5 Å². The van der Waals surface area contributed by atoms with E-state index in [9.17, 15) is 4.79 Å². The number of ether oxygens (including phenoxy) is 2. The summed E-state index contributed by atoms with van der Waals surface area (Å²) >= 11 is 1.62. The van der Waals surface area contributed by atoms with Gasteiger partial charge >= 0.3 is 0 Å². The van der Waals surface area contributed by atoms with Crippen molar-refractivity contribution in [3.63, 3.8) is 0 Å². The van der Waals surface area contributed by atoms with Gasteiger partial charge in [-0.1, -0.05) is 0 Å². The standard InChI is InChI=1S/C20H20N2O3S/c1-13-21-18-9-6-15(11-19(18)26-13)22-20(23)14-4-7-16(8-5-14)25-12-17-3-2-10-24-17/h4-9,11,17H,2-3,10,12H2,1H3,(H,22,23)/t17-/m1/s1. The molecule has 1 N–H and O–H groups in total. The summed E-state index contributed by atoms with van der Waals surface area (Å²) in [5.41, 5.74) is 2.32. The average molecular weight is 368 g/mol. The van der Waals surface area contributed by atoms with E-state index in [2.05, 4.69) is 10.3 Å². The fourth-order valence-electron chi connectivity index (χ4n) is 2.99. The number of nitrogens with zero attached hydrogens (tertiary/aromatic N) is 1. The number of thiazole rings is 1. The highest BCUT2D eigenvalue weighted by molar-refractivity contribution is 7.18. The van der Waals surface area contributed by atoms with Crippen LogP contribution in [0.25, 0.3) is 10.2 Å². The van der Waals surface area contributed by atoms with Crippen molar-refractivity contribution < 1.29 is 14.3 Å². The maximum absolute atomic E-state index is 12.4. The van der Waals surface area contributed by atoms with E-state index in [0.717, 1.165) is 46.1 Å². The zero-order valence-corrected chi connectivity index (χ0v) is 15.3. The van der Waals surface area contributed by atoms with E-state index in [-0.39, 0.29) is 12.0 Å². The van der Waals surface area contributed by atoms with E-state index in [4.69, 9.17) is 9.47 Å². The highest BCUT2D eigenvalue weighted by atomic mass is 32.1. The van der Waals surface area contributed by atoms with E-state index in [1.165, 1.54) is 0 Å². The summed E-state index contributed by atoms with van der Waals surface area (Å²) in [5.74, 6) is 0.606. The summed E-state index contributed by atoms with van der Waals surface area (Å²) in [7, 11) is 0. The Morgan fingerprint density at radius 1 is 1.31 bits per heavy atom. The molecule has 0 bridgehead atoms.